The first-order chi connectivity index (χ1) is 11.0. The molecule has 0 bridgehead atoms. The Morgan fingerprint density at radius 1 is 1.22 bits per heavy atom. The zero-order valence-electron chi connectivity index (χ0n) is 12.2. The number of nitrogens with one attached hydrogen (secondary N) is 1. The second-order valence-electron chi connectivity index (χ2n) is 4.52. The highest BCUT2D eigenvalue weighted by atomic mass is 19.1. The minimum atomic E-state index is -1.51. The van der Waals surface area contributed by atoms with E-state index < -0.39 is 23.4 Å². The number of ether oxygens (including phenoxy) is 2. The van der Waals surface area contributed by atoms with Crippen molar-refractivity contribution in [3.05, 3.63) is 59.4 Å². The lowest BCUT2D eigenvalue weighted by Crippen LogP contribution is -2.17. The molecule has 2 rings (SSSR count). The molecule has 0 aliphatic carbocycles. The van der Waals surface area contributed by atoms with Crippen LogP contribution in [0.15, 0.2) is 42.5 Å². The second-order valence-corrected chi connectivity index (χ2v) is 4.52. The van der Waals surface area contributed by atoms with Crippen LogP contribution < -0.4 is 10.1 Å². The summed E-state index contributed by atoms with van der Waals surface area (Å²) in [6.07, 6.45) is -0.899. The number of carbonyl (C=O) groups excluding carboxylic acids is 1. The van der Waals surface area contributed by atoms with E-state index in [1.54, 1.807) is 24.3 Å². The molecule has 1 amide bonds. The van der Waals surface area contributed by atoms with Crippen molar-refractivity contribution in [1.29, 1.82) is 0 Å². The van der Waals surface area contributed by atoms with Gasteiger partial charge in [0.05, 0.1) is 12.8 Å². The van der Waals surface area contributed by atoms with Gasteiger partial charge in [-0.25, -0.2) is 14.0 Å². The van der Waals surface area contributed by atoms with Gasteiger partial charge in [0.1, 0.15) is 23.7 Å². The summed E-state index contributed by atoms with van der Waals surface area (Å²) in [5.41, 5.74) is -0.146. The quantitative estimate of drug-likeness (QED) is 0.883. The number of hydrogen-bond acceptors (Lipinski definition) is 4. The standard InChI is InChI=1S/C16H14FNO5/c1-22-11-7-12(17)14(15(19)20)13(8-11)18-16(21)23-9-10-5-3-2-4-6-10/h2-8H,9H2,1H3,(H,18,21)(H,19,20). The Hall–Kier alpha value is -3.09. The predicted molar refractivity (Wildman–Crippen MR) is 80.2 cm³/mol. The van der Waals surface area contributed by atoms with E-state index in [1.807, 2.05) is 6.07 Å². The van der Waals surface area contributed by atoms with Gasteiger partial charge in [0.15, 0.2) is 0 Å². The Kier molecular flexibility index (Phi) is 5.14. The monoisotopic (exact) mass is 319 g/mol. The Balaban J connectivity index is 2.13. The van der Waals surface area contributed by atoms with Crippen LogP contribution in [0.5, 0.6) is 5.75 Å². The molecule has 0 heterocycles. The van der Waals surface area contributed by atoms with Crippen LogP contribution in [0.25, 0.3) is 0 Å². The maximum Gasteiger partial charge on any atom is 0.411 e. The van der Waals surface area contributed by atoms with Gasteiger partial charge in [-0.15, -0.1) is 0 Å². The molecule has 0 unspecified atom stereocenters. The van der Waals surface area contributed by atoms with Gasteiger partial charge in [-0.1, -0.05) is 30.3 Å². The molecule has 7 heteroatoms. The molecule has 2 N–H and O–H groups in total. The first-order valence-electron chi connectivity index (χ1n) is 6.59. The van der Waals surface area contributed by atoms with Gasteiger partial charge >= 0.3 is 12.1 Å². The molecule has 120 valence electrons. The summed E-state index contributed by atoms with van der Waals surface area (Å²) in [4.78, 5) is 22.9. The molecule has 0 aliphatic heterocycles. The van der Waals surface area contributed by atoms with Crippen molar-refractivity contribution in [2.24, 2.45) is 0 Å². The third-order valence-corrected chi connectivity index (χ3v) is 2.96. The summed E-state index contributed by atoms with van der Waals surface area (Å²) in [7, 11) is 1.30. The van der Waals surface area contributed by atoms with Crippen molar-refractivity contribution in [1.82, 2.24) is 0 Å². The lowest BCUT2D eigenvalue weighted by Gasteiger charge is -2.11. The molecule has 0 saturated carbocycles. The van der Waals surface area contributed by atoms with Gasteiger partial charge in [0.2, 0.25) is 0 Å². The van der Waals surface area contributed by atoms with Crippen LogP contribution in [0.2, 0.25) is 0 Å². The Morgan fingerprint density at radius 2 is 1.91 bits per heavy atom. The number of carboxylic acid groups (broad SMARTS) is 1. The topological polar surface area (TPSA) is 84.9 Å². The fourth-order valence-electron chi connectivity index (χ4n) is 1.88. The zero-order valence-corrected chi connectivity index (χ0v) is 12.2. The highest BCUT2D eigenvalue weighted by molar-refractivity contribution is 5.99. The number of hydrogen-bond donors (Lipinski definition) is 2. The van der Waals surface area contributed by atoms with Crippen LogP contribution in [0, 0.1) is 5.82 Å². The Bertz CT molecular complexity index is 718. The molecule has 0 fully saturated rings. The van der Waals surface area contributed by atoms with E-state index in [1.165, 1.54) is 13.2 Å². The van der Waals surface area contributed by atoms with E-state index in [4.69, 9.17) is 14.6 Å². The molecule has 2 aromatic rings. The minimum Gasteiger partial charge on any atom is -0.497 e. The van der Waals surface area contributed by atoms with E-state index in [9.17, 15) is 14.0 Å². The number of amides is 1. The smallest absolute Gasteiger partial charge is 0.411 e. The molecule has 0 atom stereocenters. The summed E-state index contributed by atoms with van der Waals surface area (Å²) < 4.78 is 23.6. The molecular weight excluding hydrogens is 305 g/mol. The third-order valence-electron chi connectivity index (χ3n) is 2.96. The number of aromatic carboxylic acids is 1. The molecule has 0 saturated heterocycles. The second kappa shape index (κ2) is 7.26. The van der Waals surface area contributed by atoms with E-state index in [-0.39, 0.29) is 18.0 Å². The maximum atomic E-state index is 13.8. The molecule has 0 aromatic heterocycles. The number of anilines is 1. The summed E-state index contributed by atoms with van der Waals surface area (Å²) >= 11 is 0. The molecule has 0 spiro atoms. The molecule has 6 nitrogen and oxygen atoms in total. The molecular formula is C16H14FNO5. The molecule has 0 aliphatic rings. The van der Waals surface area contributed by atoms with Crippen LogP contribution in [0.3, 0.4) is 0 Å². The van der Waals surface area contributed by atoms with E-state index in [0.717, 1.165) is 11.6 Å². The van der Waals surface area contributed by atoms with Crippen molar-refractivity contribution in [2.45, 2.75) is 6.61 Å². The molecule has 0 radical (unpaired) electrons. The van der Waals surface area contributed by atoms with Gasteiger partial charge in [0, 0.05) is 12.1 Å². The number of carbonyl (C=O) groups is 2. The Labute approximate surface area is 131 Å². The van der Waals surface area contributed by atoms with Crippen molar-refractivity contribution >= 4 is 17.7 Å². The first-order valence-corrected chi connectivity index (χ1v) is 6.59. The predicted octanol–water partition coefficient (Wildman–Crippen LogP) is 3.28. The van der Waals surface area contributed by atoms with Crippen molar-refractivity contribution in [2.75, 3.05) is 12.4 Å². The fourth-order valence-corrected chi connectivity index (χ4v) is 1.88. The Morgan fingerprint density at radius 3 is 2.52 bits per heavy atom. The summed E-state index contributed by atoms with van der Waals surface area (Å²) in [6, 6.07) is 11.1. The van der Waals surface area contributed by atoms with Gasteiger partial charge < -0.3 is 14.6 Å². The van der Waals surface area contributed by atoms with Crippen molar-refractivity contribution in [3.63, 3.8) is 0 Å². The number of carboxylic acids is 1. The van der Waals surface area contributed by atoms with Crippen molar-refractivity contribution < 1.29 is 28.6 Å². The van der Waals surface area contributed by atoms with E-state index in [0.29, 0.717) is 0 Å². The number of halogens is 1. The lowest BCUT2D eigenvalue weighted by atomic mass is 10.1. The van der Waals surface area contributed by atoms with Crippen LogP contribution in [-0.2, 0) is 11.3 Å². The van der Waals surface area contributed by atoms with Crippen molar-refractivity contribution in [3.8, 4) is 5.75 Å². The molecule has 2 aromatic carbocycles. The number of benzene rings is 2. The average Bonchev–Trinajstić information content (AvgIpc) is 2.53. The number of methoxy groups -OCH3 is 1. The third kappa shape index (κ3) is 4.19. The number of rotatable bonds is 5. The largest absolute Gasteiger partial charge is 0.497 e. The van der Waals surface area contributed by atoms with Gasteiger partial charge in [-0.05, 0) is 5.56 Å². The summed E-state index contributed by atoms with van der Waals surface area (Å²) in [5, 5.41) is 11.3. The normalized spacial score (nSPS) is 10.0. The van der Waals surface area contributed by atoms with E-state index in [2.05, 4.69) is 5.32 Å². The van der Waals surface area contributed by atoms with Crippen LogP contribution in [-0.4, -0.2) is 24.3 Å². The summed E-state index contributed by atoms with van der Waals surface area (Å²) in [6.45, 7) is 0.00152. The maximum absolute atomic E-state index is 13.8. The van der Waals surface area contributed by atoms with Crippen LogP contribution in [0.4, 0.5) is 14.9 Å². The van der Waals surface area contributed by atoms with Gasteiger partial charge in [-0.3, -0.25) is 5.32 Å². The van der Waals surface area contributed by atoms with Gasteiger partial charge in [0.25, 0.3) is 0 Å². The SMILES string of the molecule is COc1cc(F)c(C(=O)O)c(NC(=O)OCc2ccccc2)c1. The highest BCUT2D eigenvalue weighted by Gasteiger charge is 2.20. The van der Waals surface area contributed by atoms with E-state index >= 15 is 0 Å². The summed E-state index contributed by atoms with van der Waals surface area (Å²) in [5.74, 6) is -2.45. The first kappa shape index (κ1) is 16.3. The van der Waals surface area contributed by atoms with Gasteiger partial charge in [-0.2, -0.15) is 0 Å². The van der Waals surface area contributed by atoms with Crippen LogP contribution in [0.1, 0.15) is 15.9 Å². The zero-order chi connectivity index (χ0) is 16.8. The average molecular weight is 319 g/mol. The lowest BCUT2D eigenvalue weighted by molar-refractivity contribution is 0.0693. The van der Waals surface area contributed by atoms with Crippen LogP contribution >= 0.6 is 0 Å². The highest BCUT2D eigenvalue weighted by Crippen LogP contribution is 2.26. The molecule has 23 heavy (non-hydrogen) atoms. The fraction of sp³-hybridized carbons (Fsp3) is 0.125. The minimum absolute atomic E-state index is 0.00152.